The molecule has 1 aromatic carbocycles. The number of nitro benzene ring substituents is 1. The summed E-state index contributed by atoms with van der Waals surface area (Å²) in [6.45, 7) is 3.68. The molecule has 0 fully saturated rings. The quantitative estimate of drug-likeness (QED) is 0.597. The Hall–Kier alpha value is -2.02. The van der Waals surface area contributed by atoms with Gasteiger partial charge in [0, 0.05) is 23.7 Å². The number of benzene rings is 1. The smallest absolute Gasteiger partial charge is 0.306 e. The summed E-state index contributed by atoms with van der Waals surface area (Å²) in [6, 6.07) is 3.38. The van der Waals surface area contributed by atoms with Crippen molar-refractivity contribution in [2.75, 3.05) is 5.32 Å². The van der Waals surface area contributed by atoms with E-state index >= 15 is 0 Å². The molecule has 7 heteroatoms. The molecule has 0 heterocycles. The van der Waals surface area contributed by atoms with Crippen LogP contribution in [0.15, 0.2) is 18.2 Å². The SMILES string of the molecule is CC(N)CCCC(C)C(=O)Nc1ccc(F)c([N+](=O)[O-])c1. The van der Waals surface area contributed by atoms with Gasteiger partial charge >= 0.3 is 5.69 Å². The van der Waals surface area contributed by atoms with Gasteiger partial charge in [0.25, 0.3) is 0 Å². The Labute approximate surface area is 122 Å². The van der Waals surface area contributed by atoms with Gasteiger partial charge in [0.15, 0.2) is 0 Å². The zero-order chi connectivity index (χ0) is 16.0. The van der Waals surface area contributed by atoms with E-state index < -0.39 is 16.4 Å². The van der Waals surface area contributed by atoms with Crippen molar-refractivity contribution in [3.05, 3.63) is 34.1 Å². The molecule has 0 saturated heterocycles. The number of nitrogens with one attached hydrogen (secondary N) is 1. The molecule has 0 aliphatic rings. The Bertz CT molecular complexity index is 520. The van der Waals surface area contributed by atoms with E-state index in [-0.39, 0.29) is 23.6 Å². The summed E-state index contributed by atoms with van der Waals surface area (Å²) in [6.07, 6.45) is 2.34. The fourth-order valence-electron chi connectivity index (χ4n) is 1.87. The van der Waals surface area contributed by atoms with E-state index in [9.17, 15) is 19.3 Å². The fourth-order valence-corrected chi connectivity index (χ4v) is 1.87. The number of carbonyl (C=O) groups excluding carboxylic acids is 1. The number of hydrogen-bond donors (Lipinski definition) is 2. The second-order valence-electron chi connectivity index (χ2n) is 5.22. The summed E-state index contributed by atoms with van der Waals surface area (Å²) < 4.78 is 13.2. The van der Waals surface area contributed by atoms with Gasteiger partial charge < -0.3 is 11.1 Å². The third-order valence-electron chi connectivity index (χ3n) is 3.15. The van der Waals surface area contributed by atoms with Gasteiger partial charge in [-0.25, -0.2) is 0 Å². The van der Waals surface area contributed by atoms with Gasteiger partial charge in [-0.2, -0.15) is 4.39 Å². The third kappa shape index (κ3) is 5.47. The van der Waals surface area contributed by atoms with Crippen molar-refractivity contribution >= 4 is 17.3 Å². The second-order valence-corrected chi connectivity index (χ2v) is 5.22. The van der Waals surface area contributed by atoms with Crippen molar-refractivity contribution in [1.82, 2.24) is 0 Å². The lowest BCUT2D eigenvalue weighted by atomic mass is 10.0. The molecule has 0 saturated carbocycles. The molecule has 2 atom stereocenters. The van der Waals surface area contributed by atoms with Crippen molar-refractivity contribution in [2.45, 2.75) is 39.2 Å². The van der Waals surface area contributed by atoms with E-state index in [1.54, 1.807) is 6.92 Å². The maximum atomic E-state index is 13.2. The molecule has 3 N–H and O–H groups in total. The first-order valence-electron chi connectivity index (χ1n) is 6.81. The maximum Gasteiger partial charge on any atom is 0.306 e. The molecular formula is C14H20FN3O3. The van der Waals surface area contributed by atoms with Crippen LogP contribution >= 0.6 is 0 Å². The van der Waals surface area contributed by atoms with Crippen LogP contribution in [-0.4, -0.2) is 16.9 Å². The molecule has 21 heavy (non-hydrogen) atoms. The molecular weight excluding hydrogens is 277 g/mol. The summed E-state index contributed by atoms with van der Waals surface area (Å²) in [5.74, 6) is -1.42. The van der Waals surface area contributed by atoms with E-state index in [1.165, 1.54) is 6.07 Å². The molecule has 0 radical (unpaired) electrons. The first kappa shape index (κ1) is 17.0. The number of nitrogens with two attached hydrogens (primary N) is 1. The van der Waals surface area contributed by atoms with Crippen LogP contribution in [-0.2, 0) is 4.79 Å². The number of anilines is 1. The molecule has 116 valence electrons. The van der Waals surface area contributed by atoms with E-state index in [2.05, 4.69) is 5.32 Å². The Morgan fingerprint density at radius 1 is 1.43 bits per heavy atom. The minimum Gasteiger partial charge on any atom is -0.328 e. The van der Waals surface area contributed by atoms with Crippen LogP contribution in [0.1, 0.15) is 33.1 Å². The predicted molar refractivity (Wildman–Crippen MR) is 78.3 cm³/mol. The summed E-state index contributed by atoms with van der Waals surface area (Å²) in [5, 5.41) is 13.2. The summed E-state index contributed by atoms with van der Waals surface area (Å²) in [5.41, 5.74) is 5.20. The number of carbonyl (C=O) groups is 1. The van der Waals surface area contributed by atoms with Gasteiger partial charge in [-0.15, -0.1) is 0 Å². The molecule has 2 unspecified atom stereocenters. The lowest BCUT2D eigenvalue weighted by molar-refractivity contribution is -0.387. The van der Waals surface area contributed by atoms with Crippen LogP contribution in [0.25, 0.3) is 0 Å². The highest BCUT2D eigenvalue weighted by Gasteiger charge is 2.17. The first-order valence-corrected chi connectivity index (χ1v) is 6.81. The molecule has 0 spiro atoms. The average Bonchev–Trinajstić information content (AvgIpc) is 2.40. The molecule has 6 nitrogen and oxygen atoms in total. The van der Waals surface area contributed by atoms with Crippen molar-refractivity contribution in [1.29, 1.82) is 0 Å². The number of nitro groups is 1. The van der Waals surface area contributed by atoms with Crippen LogP contribution in [0.3, 0.4) is 0 Å². The second kappa shape index (κ2) is 7.68. The zero-order valence-electron chi connectivity index (χ0n) is 12.1. The molecule has 0 bridgehead atoms. The van der Waals surface area contributed by atoms with Crippen LogP contribution in [0, 0.1) is 21.8 Å². The minimum absolute atomic E-state index is 0.0972. The Morgan fingerprint density at radius 3 is 2.67 bits per heavy atom. The first-order chi connectivity index (χ1) is 9.81. The van der Waals surface area contributed by atoms with Crippen LogP contribution in [0.2, 0.25) is 0 Å². The number of rotatable bonds is 7. The highest BCUT2D eigenvalue weighted by molar-refractivity contribution is 5.92. The largest absolute Gasteiger partial charge is 0.328 e. The van der Waals surface area contributed by atoms with Gasteiger partial charge in [0.05, 0.1) is 4.92 Å². The zero-order valence-corrected chi connectivity index (χ0v) is 12.1. The average molecular weight is 297 g/mol. The highest BCUT2D eigenvalue weighted by Crippen LogP contribution is 2.22. The van der Waals surface area contributed by atoms with E-state index in [0.717, 1.165) is 25.0 Å². The summed E-state index contributed by atoms with van der Waals surface area (Å²) >= 11 is 0. The lowest BCUT2D eigenvalue weighted by Gasteiger charge is -2.13. The topological polar surface area (TPSA) is 98.3 Å². The molecule has 0 aliphatic carbocycles. The molecule has 0 aliphatic heterocycles. The number of nitrogens with zero attached hydrogens (tertiary/aromatic N) is 1. The molecule has 1 rings (SSSR count). The fraction of sp³-hybridized carbons (Fsp3) is 0.500. The highest BCUT2D eigenvalue weighted by atomic mass is 19.1. The summed E-state index contributed by atoms with van der Waals surface area (Å²) in [7, 11) is 0. The summed E-state index contributed by atoms with van der Waals surface area (Å²) in [4.78, 5) is 21.8. The Balaban J connectivity index is 2.62. The lowest BCUT2D eigenvalue weighted by Crippen LogP contribution is -2.21. The number of hydrogen-bond acceptors (Lipinski definition) is 4. The van der Waals surface area contributed by atoms with Gasteiger partial charge in [-0.1, -0.05) is 13.3 Å². The Kier molecular flexibility index (Phi) is 6.23. The van der Waals surface area contributed by atoms with Gasteiger partial charge in [0.2, 0.25) is 11.7 Å². The van der Waals surface area contributed by atoms with E-state index in [0.29, 0.717) is 6.42 Å². The van der Waals surface area contributed by atoms with Gasteiger partial charge in [-0.3, -0.25) is 14.9 Å². The van der Waals surface area contributed by atoms with Crippen molar-refractivity contribution in [3.8, 4) is 0 Å². The number of halogens is 1. The van der Waals surface area contributed by atoms with Gasteiger partial charge in [-0.05, 0) is 31.9 Å². The molecule has 0 aromatic heterocycles. The van der Waals surface area contributed by atoms with Crippen LogP contribution in [0.5, 0.6) is 0 Å². The molecule has 1 aromatic rings. The van der Waals surface area contributed by atoms with Crippen molar-refractivity contribution in [2.24, 2.45) is 11.7 Å². The predicted octanol–water partition coefficient (Wildman–Crippen LogP) is 2.83. The van der Waals surface area contributed by atoms with Crippen LogP contribution in [0.4, 0.5) is 15.8 Å². The minimum atomic E-state index is -0.928. The van der Waals surface area contributed by atoms with Crippen molar-refractivity contribution in [3.63, 3.8) is 0 Å². The third-order valence-corrected chi connectivity index (χ3v) is 3.15. The Morgan fingerprint density at radius 2 is 2.10 bits per heavy atom. The number of amides is 1. The maximum absolute atomic E-state index is 13.2. The van der Waals surface area contributed by atoms with E-state index in [4.69, 9.17) is 5.73 Å². The van der Waals surface area contributed by atoms with E-state index in [1.807, 2.05) is 6.92 Å². The van der Waals surface area contributed by atoms with Gasteiger partial charge in [0.1, 0.15) is 0 Å². The van der Waals surface area contributed by atoms with Crippen LogP contribution < -0.4 is 11.1 Å². The normalized spacial score (nSPS) is 13.5. The molecule has 1 amide bonds. The standard InChI is InChI=1S/C14H20FN3O3/c1-9(4-3-5-10(2)16)14(19)17-11-6-7-12(15)13(8-11)18(20)21/h6-10H,3-5,16H2,1-2H3,(H,17,19). The van der Waals surface area contributed by atoms with Crippen molar-refractivity contribution < 1.29 is 14.1 Å². The monoisotopic (exact) mass is 297 g/mol.